The molecule has 1 aliphatic rings. The molecule has 4 heteroatoms. The van der Waals surface area contributed by atoms with Crippen LogP contribution in [0.2, 0.25) is 0 Å². The highest BCUT2D eigenvalue weighted by Gasteiger charge is 2.14. The van der Waals surface area contributed by atoms with Crippen molar-refractivity contribution in [1.29, 1.82) is 0 Å². The Bertz CT molecular complexity index is 657. The molecule has 2 heterocycles. The van der Waals surface area contributed by atoms with Gasteiger partial charge in [0.1, 0.15) is 0 Å². The SMILES string of the molecule is Cc1ccc2[nH]c(CNCC3CCOC3)cc(=O)c2c1. The first-order valence-electron chi connectivity index (χ1n) is 7.13. The number of aromatic nitrogens is 1. The zero-order chi connectivity index (χ0) is 13.9. The monoisotopic (exact) mass is 272 g/mol. The van der Waals surface area contributed by atoms with Crippen LogP contribution in [0.5, 0.6) is 0 Å². The molecule has 0 saturated carbocycles. The molecule has 1 fully saturated rings. The largest absolute Gasteiger partial charge is 0.381 e. The van der Waals surface area contributed by atoms with Gasteiger partial charge in [0.15, 0.2) is 5.43 Å². The summed E-state index contributed by atoms with van der Waals surface area (Å²) >= 11 is 0. The Morgan fingerprint density at radius 3 is 3.10 bits per heavy atom. The molecule has 0 aliphatic carbocycles. The molecule has 2 aromatic rings. The number of aromatic amines is 1. The van der Waals surface area contributed by atoms with E-state index in [1.807, 2.05) is 25.1 Å². The molecule has 1 aromatic heterocycles. The lowest BCUT2D eigenvalue weighted by atomic mass is 10.1. The third-order valence-corrected chi connectivity index (χ3v) is 3.81. The average Bonchev–Trinajstić information content (AvgIpc) is 2.93. The van der Waals surface area contributed by atoms with Gasteiger partial charge in [-0.3, -0.25) is 4.79 Å². The Kier molecular flexibility index (Phi) is 3.85. The molecule has 3 rings (SSSR count). The third kappa shape index (κ3) is 2.92. The number of rotatable bonds is 4. The summed E-state index contributed by atoms with van der Waals surface area (Å²) in [5.74, 6) is 0.602. The number of H-pyrrole nitrogens is 1. The zero-order valence-electron chi connectivity index (χ0n) is 11.7. The highest BCUT2D eigenvalue weighted by atomic mass is 16.5. The van der Waals surface area contributed by atoms with Crippen LogP contribution in [0.15, 0.2) is 29.1 Å². The fraction of sp³-hybridized carbons (Fsp3) is 0.438. The second-order valence-corrected chi connectivity index (χ2v) is 5.57. The van der Waals surface area contributed by atoms with Crippen molar-refractivity contribution in [2.75, 3.05) is 19.8 Å². The van der Waals surface area contributed by atoms with Crippen LogP contribution in [0, 0.1) is 12.8 Å². The summed E-state index contributed by atoms with van der Waals surface area (Å²) in [4.78, 5) is 15.4. The Balaban J connectivity index is 1.72. The van der Waals surface area contributed by atoms with Crippen molar-refractivity contribution in [3.05, 3.63) is 45.7 Å². The number of hydrogen-bond acceptors (Lipinski definition) is 3. The first-order chi connectivity index (χ1) is 9.72. The Hall–Kier alpha value is -1.65. The minimum Gasteiger partial charge on any atom is -0.381 e. The molecule has 1 atom stereocenters. The van der Waals surface area contributed by atoms with Gasteiger partial charge < -0.3 is 15.0 Å². The molecule has 4 nitrogen and oxygen atoms in total. The van der Waals surface area contributed by atoms with E-state index in [-0.39, 0.29) is 5.43 Å². The van der Waals surface area contributed by atoms with Crippen molar-refractivity contribution in [2.45, 2.75) is 19.9 Å². The topological polar surface area (TPSA) is 54.1 Å². The van der Waals surface area contributed by atoms with Crippen LogP contribution in [0.3, 0.4) is 0 Å². The number of fused-ring (bicyclic) bond motifs is 1. The van der Waals surface area contributed by atoms with E-state index in [0.29, 0.717) is 12.5 Å². The minimum absolute atomic E-state index is 0.0865. The van der Waals surface area contributed by atoms with Gasteiger partial charge in [-0.15, -0.1) is 0 Å². The third-order valence-electron chi connectivity index (χ3n) is 3.81. The van der Waals surface area contributed by atoms with Crippen LogP contribution in [0.1, 0.15) is 17.7 Å². The molecule has 0 radical (unpaired) electrons. The van der Waals surface area contributed by atoms with Gasteiger partial charge in [-0.1, -0.05) is 11.6 Å². The summed E-state index contributed by atoms with van der Waals surface area (Å²) in [5, 5.41) is 4.16. The van der Waals surface area contributed by atoms with Crippen molar-refractivity contribution < 1.29 is 4.74 Å². The first-order valence-corrected chi connectivity index (χ1v) is 7.13. The fourth-order valence-electron chi connectivity index (χ4n) is 2.67. The summed E-state index contributed by atoms with van der Waals surface area (Å²) < 4.78 is 5.35. The molecule has 1 aliphatic heterocycles. The summed E-state index contributed by atoms with van der Waals surface area (Å²) in [6.07, 6.45) is 1.13. The molecule has 0 spiro atoms. The van der Waals surface area contributed by atoms with Gasteiger partial charge in [-0.2, -0.15) is 0 Å². The van der Waals surface area contributed by atoms with E-state index in [1.165, 1.54) is 0 Å². The first kappa shape index (κ1) is 13.3. The summed E-state index contributed by atoms with van der Waals surface area (Å²) in [6.45, 7) is 5.35. The Labute approximate surface area is 118 Å². The molecule has 1 unspecified atom stereocenters. The number of aryl methyl sites for hydroxylation is 1. The lowest BCUT2D eigenvalue weighted by Gasteiger charge is -2.10. The second kappa shape index (κ2) is 5.77. The van der Waals surface area contributed by atoms with Crippen molar-refractivity contribution in [3.8, 4) is 0 Å². The normalized spacial score (nSPS) is 18.8. The maximum absolute atomic E-state index is 12.1. The van der Waals surface area contributed by atoms with Crippen LogP contribution < -0.4 is 10.7 Å². The van der Waals surface area contributed by atoms with E-state index in [4.69, 9.17) is 4.74 Å². The molecule has 2 N–H and O–H groups in total. The molecular weight excluding hydrogens is 252 g/mol. The summed E-state index contributed by atoms with van der Waals surface area (Å²) in [6, 6.07) is 7.62. The number of ether oxygens (including phenoxy) is 1. The average molecular weight is 272 g/mol. The molecule has 20 heavy (non-hydrogen) atoms. The molecule has 1 saturated heterocycles. The smallest absolute Gasteiger partial charge is 0.189 e. The number of hydrogen-bond donors (Lipinski definition) is 2. The van der Waals surface area contributed by atoms with Gasteiger partial charge in [0, 0.05) is 42.4 Å². The molecule has 106 valence electrons. The zero-order valence-corrected chi connectivity index (χ0v) is 11.7. The van der Waals surface area contributed by atoms with Crippen molar-refractivity contribution in [2.24, 2.45) is 5.92 Å². The van der Waals surface area contributed by atoms with E-state index in [2.05, 4.69) is 10.3 Å². The highest BCUT2D eigenvalue weighted by Crippen LogP contribution is 2.12. The van der Waals surface area contributed by atoms with Crippen molar-refractivity contribution in [3.63, 3.8) is 0 Å². The van der Waals surface area contributed by atoms with Gasteiger partial charge in [-0.25, -0.2) is 0 Å². The number of pyridine rings is 1. The second-order valence-electron chi connectivity index (χ2n) is 5.57. The minimum atomic E-state index is 0.0865. The van der Waals surface area contributed by atoms with Crippen LogP contribution in [-0.2, 0) is 11.3 Å². The van der Waals surface area contributed by atoms with E-state index in [9.17, 15) is 4.79 Å². The van der Waals surface area contributed by atoms with E-state index < -0.39 is 0 Å². The van der Waals surface area contributed by atoms with Gasteiger partial charge in [0.2, 0.25) is 0 Å². The Morgan fingerprint density at radius 1 is 1.40 bits per heavy atom. The molecule has 1 aromatic carbocycles. The lowest BCUT2D eigenvalue weighted by Crippen LogP contribution is -2.23. The quantitative estimate of drug-likeness (QED) is 0.894. The van der Waals surface area contributed by atoms with E-state index in [1.54, 1.807) is 6.07 Å². The fourth-order valence-corrected chi connectivity index (χ4v) is 2.67. The number of nitrogens with one attached hydrogen (secondary N) is 2. The van der Waals surface area contributed by atoms with Crippen molar-refractivity contribution >= 4 is 10.9 Å². The maximum atomic E-state index is 12.1. The van der Waals surface area contributed by atoms with Crippen LogP contribution in [-0.4, -0.2) is 24.7 Å². The van der Waals surface area contributed by atoms with Crippen LogP contribution in [0.25, 0.3) is 10.9 Å². The highest BCUT2D eigenvalue weighted by molar-refractivity contribution is 5.79. The summed E-state index contributed by atoms with van der Waals surface area (Å²) in [7, 11) is 0. The van der Waals surface area contributed by atoms with Crippen LogP contribution in [0.4, 0.5) is 0 Å². The predicted octanol–water partition coefficient (Wildman–Crippen LogP) is 1.96. The van der Waals surface area contributed by atoms with Gasteiger partial charge in [0.25, 0.3) is 0 Å². The number of benzene rings is 1. The Morgan fingerprint density at radius 2 is 2.30 bits per heavy atom. The van der Waals surface area contributed by atoms with E-state index in [0.717, 1.165) is 48.3 Å². The van der Waals surface area contributed by atoms with Crippen molar-refractivity contribution in [1.82, 2.24) is 10.3 Å². The van der Waals surface area contributed by atoms with Gasteiger partial charge >= 0.3 is 0 Å². The van der Waals surface area contributed by atoms with Crippen LogP contribution >= 0.6 is 0 Å². The molecule has 0 amide bonds. The standard InChI is InChI=1S/C16H20N2O2/c1-11-2-3-15-14(6-11)16(19)7-13(18-15)9-17-8-12-4-5-20-10-12/h2-3,6-7,12,17H,4-5,8-10H2,1H3,(H,18,19). The molecular formula is C16H20N2O2. The molecule has 0 bridgehead atoms. The predicted molar refractivity (Wildman–Crippen MR) is 79.9 cm³/mol. The lowest BCUT2D eigenvalue weighted by molar-refractivity contribution is 0.185. The van der Waals surface area contributed by atoms with Gasteiger partial charge in [0.05, 0.1) is 6.61 Å². The maximum Gasteiger partial charge on any atom is 0.189 e. The van der Waals surface area contributed by atoms with E-state index >= 15 is 0 Å². The summed E-state index contributed by atoms with van der Waals surface area (Å²) in [5.41, 5.74) is 3.04. The van der Waals surface area contributed by atoms with Gasteiger partial charge in [-0.05, 0) is 31.4 Å².